The molecule has 22 heavy (non-hydrogen) atoms. The number of amides is 1. The number of carbonyl (C=O) groups excluding carboxylic acids is 1. The van der Waals surface area contributed by atoms with Gasteiger partial charge in [0, 0.05) is 24.3 Å². The number of hydrogen-bond acceptors (Lipinski definition) is 3. The summed E-state index contributed by atoms with van der Waals surface area (Å²) in [5.74, 6) is 0.219. The lowest BCUT2D eigenvalue weighted by Crippen LogP contribution is -2.53. The van der Waals surface area contributed by atoms with E-state index in [0.717, 1.165) is 17.7 Å². The van der Waals surface area contributed by atoms with E-state index in [-0.39, 0.29) is 18.0 Å². The van der Waals surface area contributed by atoms with Gasteiger partial charge in [0.15, 0.2) is 0 Å². The zero-order chi connectivity index (χ0) is 16.1. The Morgan fingerprint density at radius 2 is 1.95 bits per heavy atom. The topological polar surface area (TPSA) is 41.6 Å². The average Bonchev–Trinajstić information content (AvgIpc) is 2.47. The van der Waals surface area contributed by atoms with E-state index < -0.39 is 0 Å². The van der Waals surface area contributed by atoms with Crippen LogP contribution in [-0.2, 0) is 16.0 Å². The van der Waals surface area contributed by atoms with Crippen LogP contribution in [0.2, 0.25) is 0 Å². The van der Waals surface area contributed by atoms with Crippen LogP contribution in [0.3, 0.4) is 0 Å². The highest BCUT2D eigenvalue weighted by Crippen LogP contribution is 2.27. The minimum Gasteiger partial charge on any atom is -0.361 e. The predicted octanol–water partition coefficient (Wildman–Crippen LogP) is 2.91. The Balaban J connectivity index is 2.39. The Labute approximate surface area is 133 Å². The molecule has 1 heterocycles. The highest BCUT2D eigenvalue weighted by atomic mass is 16.5. The van der Waals surface area contributed by atoms with Crippen LogP contribution in [-0.4, -0.2) is 30.3 Å². The molecule has 0 saturated heterocycles. The average molecular weight is 302 g/mol. The number of carbonyl (C=O) groups is 1. The molecule has 0 bridgehead atoms. The molecule has 120 valence electrons. The van der Waals surface area contributed by atoms with Crippen molar-refractivity contribution in [3.8, 4) is 0 Å². The van der Waals surface area contributed by atoms with Crippen molar-refractivity contribution in [3.05, 3.63) is 47.2 Å². The minimum atomic E-state index is -0.0553. The first-order chi connectivity index (χ1) is 10.5. The molecule has 4 nitrogen and oxygen atoms in total. The summed E-state index contributed by atoms with van der Waals surface area (Å²) < 4.78 is 5.62. The lowest BCUT2D eigenvalue weighted by atomic mass is 9.93. The van der Waals surface area contributed by atoms with Gasteiger partial charge in [-0.05, 0) is 25.3 Å². The van der Waals surface area contributed by atoms with Crippen molar-refractivity contribution in [2.24, 2.45) is 5.92 Å². The molecule has 0 radical (unpaired) electrons. The third-order valence-electron chi connectivity index (χ3n) is 3.94. The Hall–Kier alpha value is -1.81. The largest absolute Gasteiger partial charge is 0.361 e. The molecule has 1 amide bonds. The molecule has 4 heteroatoms. The smallest absolute Gasteiger partial charge is 0.250 e. The van der Waals surface area contributed by atoms with Crippen molar-refractivity contribution in [2.45, 2.75) is 40.3 Å². The first-order valence-corrected chi connectivity index (χ1v) is 7.96. The predicted molar refractivity (Wildman–Crippen MR) is 87.9 cm³/mol. The van der Waals surface area contributed by atoms with Gasteiger partial charge in [-0.25, -0.2) is 0 Å². The van der Waals surface area contributed by atoms with Gasteiger partial charge >= 0.3 is 0 Å². The van der Waals surface area contributed by atoms with E-state index in [0.29, 0.717) is 13.3 Å². The molecule has 1 aliphatic rings. The summed E-state index contributed by atoms with van der Waals surface area (Å²) in [4.78, 5) is 14.6. The van der Waals surface area contributed by atoms with E-state index in [9.17, 15) is 4.79 Å². The molecule has 0 aliphatic carbocycles. The van der Waals surface area contributed by atoms with E-state index in [1.54, 1.807) is 0 Å². The molecule has 1 aliphatic heterocycles. The van der Waals surface area contributed by atoms with Gasteiger partial charge in [-0.15, -0.1) is 0 Å². The fraction of sp³-hybridized carbons (Fsp3) is 0.500. The molecular formula is C18H26N2O2. The van der Waals surface area contributed by atoms with E-state index in [1.807, 2.05) is 32.0 Å². The molecule has 0 spiro atoms. The lowest BCUT2D eigenvalue weighted by Gasteiger charge is -2.39. The molecule has 1 unspecified atom stereocenters. The summed E-state index contributed by atoms with van der Waals surface area (Å²) >= 11 is 0. The van der Waals surface area contributed by atoms with Gasteiger partial charge in [-0.1, -0.05) is 44.2 Å². The van der Waals surface area contributed by atoms with Crippen LogP contribution in [0.15, 0.2) is 41.6 Å². The van der Waals surface area contributed by atoms with E-state index in [2.05, 4.69) is 36.2 Å². The number of nitrogens with zero attached hydrogens (tertiary/aromatic N) is 1. The minimum absolute atomic E-state index is 0.0428. The van der Waals surface area contributed by atoms with Gasteiger partial charge in [0.2, 0.25) is 0 Å². The molecule has 1 aromatic carbocycles. The number of ether oxygens (including phenoxy) is 1. The number of rotatable bonds is 6. The Morgan fingerprint density at radius 3 is 2.55 bits per heavy atom. The van der Waals surface area contributed by atoms with Crippen LogP contribution in [0.5, 0.6) is 0 Å². The zero-order valence-electron chi connectivity index (χ0n) is 13.9. The van der Waals surface area contributed by atoms with Crippen LogP contribution >= 0.6 is 0 Å². The van der Waals surface area contributed by atoms with Crippen molar-refractivity contribution in [1.82, 2.24) is 10.2 Å². The summed E-state index contributed by atoms with van der Waals surface area (Å²) in [5.41, 5.74) is 3.15. The second-order valence-electron chi connectivity index (χ2n) is 5.92. The maximum absolute atomic E-state index is 12.4. The van der Waals surface area contributed by atoms with Gasteiger partial charge in [-0.3, -0.25) is 4.79 Å². The van der Waals surface area contributed by atoms with Crippen molar-refractivity contribution < 1.29 is 9.53 Å². The van der Waals surface area contributed by atoms with Gasteiger partial charge < -0.3 is 15.0 Å². The first kappa shape index (κ1) is 16.6. The number of hydrogen-bond donors (Lipinski definition) is 1. The number of nitrogens with one attached hydrogen (secondary N) is 1. The fourth-order valence-electron chi connectivity index (χ4n) is 2.83. The van der Waals surface area contributed by atoms with Crippen LogP contribution < -0.4 is 5.32 Å². The van der Waals surface area contributed by atoms with Crippen molar-refractivity contribution in [3.63, 3.8) is 0 Å². The van der Waals surface area contributed by atoms with Gasteiger partial charge in [-0.2, -0.15) is 0 Å². The Bertz CT molecular complexity index is 537. The summed E-state index contributed by atoms with van der Waals surface area (Å²) in [7, 11) is 0. The normalized spacial score (nSPS) is 18.9. The summed E-state index contributed by atoms with van der Waals surface area (Å²) in [6.45, 7) is 9.27. The van der Waals surface area contributed by atoms with Gasteiger partial charge in [0.25, 0.3) is 5.91 Å². The number of allylic oxidation sites excluding steroid dienone is 1. The molecule has 1 aromatic rings. The van der Waals surface area contributed by atoms with Crippen LogP contribution in [0.4, 0.5) is 0 Å². The molecular weight excluding hydrogens is 276 g/mol. The van der Waals surface area contributed by atoms with Crippen LogP contribution in [0.1, 0.15) is 33.3 Å². The van der Waals surface area contributed by atoms with Crippen molar-refractivity contribution in [1.29, 1.82) is 0 Å². The van der Waals surface area contributed by atoms with E-state index in [1.165, 1.54) is 5.56 Å². The number of benzene rings is 1. The summed E-state index contributed by atoms with van der Waals surface area (Å²) in [6.07, 6.45) is 0.694. The van der Waals surface area contributed by atoms with Crippen molar-refractivity contribution >= 4 is 5.91 Å². The molecule has 0 aromatic heterocycles. The quantitative estimate of drug-likeness (QED) is 0.878. The second kappa shape index (κ2) is 7.45. The lowest BCUT2D eigenvalue weighted by molar-refractivity contribution is -0.122. The summed E-state index contributed by atoms with van der Waals surface area (Å²) in [6, 6.07) is 10.3. The molecule has 2 rings (SSSR count). The Morgan fingerprint density at radius 1 is 1.27 bits per heavy atom. The van der Waals surface area contributed by atoms with Gasteiger partial charge in [0.1, 0.15) is 12.9 Å². The zero-order valence-corrected chi connectivity index (χ0v) is 13.9. The highest BCUT2D eigenvalue weighted by molar-refractivity contribution is 5.95. The highest BCUT2D eigenvalue weighted by Gasteiger charge is 2.31. The maximum Gasteiger partial charge on any atom is 0.250 e. The standard InChI is InChI=1S/C18H26N2O2/c1-5-22-12-20-14(4)19-18(21)17(13(2)3)16(20)11-15-9-7-6-8-10-15/h6-10,13-14H,5,11-12H2,1-4H3,(H,19,21). The third kappa shape index (κ3) is 3.69. The van der Waals surface area contributed by atoms with Crippen LogP contribution in [0, 0.1) is 5.92 Å². The molecule has 1 atom stereocenters. The maximum atomic E-state index is 12.4. The molecule has 1 N–H and O–H groups in total. The monoisotopic (exact) mass is 302 g/mol. The fourth-order valence-corrected chi connectivity index (χ4v) is 2.83. The van der Waals surface area contributed by atoms with Crippen molar-refractivity contribution in [2.75, 3.05) is 13.3 Å². The SMILES string of the molecule is CCOCN1C(Cc2ccccc2)=C(C(C)C)C(=O)NC1C. The second-order valence-corrected chi connectivity index (χ2v) is 5.92. The summed E-state index contributed by atoms with van der Waals surface area (Å²) in [5, 5.41) is 3.03. The van der Waals surface area contributed by atoms with E-state index in [4.69, 9.17) is 4.74 Å². The van der Waals surface area contributed by atoms with Gasteiger partial charge in [0.05, 0.1) is 0 Å². The first-order valence-electron chi connectivity index (χ1n) is 7.96. The van der Waals surface area contributed by atoms with E-state index >= 15 is 0 Å². The Kier molecular flexibility index (Phi) is 5.61. The van der Waals surface area contributed by atoms with Crippen LogP contribution in [0.25, 0.3) is 0 Å². The molecule has 0 saturated carbocycles. The third-order valence-corrected chi connectivity index (χ3v) is 3.94. The molecule has 0 fully saturated rings.